The molecule has 1 fully saturated rings. The van der Waals surface area contributed by atoms with Crippen LogP contribution in [0.5, 0.6) is 0 Å². The van der Waals surface area contributed by atoms with Crippen LogP contribution in [0.25, 0.3) is 0 Å². The van der Waals surface area contributed by atoms with Gasteiger partial charge in [0, 0.05) is 39.3 Å². The number of rotatable bonds is 7. The SMILES string of the molecule is COCCN1CCN(CCCc2ccccc2)C[C@@H]1C. The van der Waals surface area contributed by atoms with Crippen molar-refractivity contribution < 1.29 is 4.74 Å². The summed E-state index contributed by atoms with van der Waals surface area (Å²) in [4.78, 5) is 5.15. The summed E-state index contributed by atoms with van der Waals surface area (Å²) < 4.78 is 5.18. The van der Waals surface area contributed by atoms with Crippen molar-refractivity contribution in [3.8, 4) is 0 Å². The van der Waals surface area contributed by atoms with Gasteiger partial charge in [0.1, 0.15) is 0 Å². The van der Waals surface area contributed by atoms with Gasteiger partial charge in [-0.05, 0) is 31.9 Å². The Balaban J connectivity index is 1.66. The van der Waals surface area contributed by atoms with E-state index in [2.05, 4.69) is 47.1 Å². The van der Waals surface area contributed by atoms with E-state index in [4.69, 9.17) is 4.74 Å². The number of benzene rings is 1. The number of piperazine rings is 1. The molecular weight excluding hydrogens is 248 g/mol. The molecule has 0 amide bonds. The largest absolute Gasteiger partial charge is 0.383 e. The summed E-state index contributed by atoms with van der Waals surface area (Å²) >= 11 is 0. The van der Waals surface area contributed by atoms with Gasteiger partial charge in [0.25, 0.3) is 0 Å². The monoisotopic (exact) mass is 276 g/mol. The van der Waals surface area contributed by atoms with Crippen LogP contribution < -0.4 is 0 Å². The fourth-order valence-electron chi connectivity index (χ4n) is 2.97. The maximum atomic E-state index is 5.18. The molecule has 0 unspecified atom stereocenters. The van der Waals surface area contributed by atoms with E-state index in [0.717, 1.165) is 13.2 Å². The van der Waals surface area contributed by atoms with Gasteiger partial charge in [-0.15, -0.1) is 0 Å². The van der Waals surface area contributed by atoms with E-state index in [1.807, 2.05) is 0 Å². The average Bonchev–Trinajstić information content (AvgIpc) is 2.47. The van der Waals surface area contributed by atoms with Crippen molar-refractivity contribution in [3.05, 3.63) is 35.9 Å². The predicted octanol–water partition coefficient (Wildman–Crippen LogP) is 2.27. The first-order valence-corrected chi connectivity index (χ1v) is 7.79. The van der Waals surface area contributed by atoms with E-state index in [-0.39, 0.29) is 0 Å². The van der Waals surface area contributed by atoms with Crippen LogP contribution in [0, 0.1) is 0 Å². The van der Waals surface area contributed by atoms with E-state index in [1.165, 1.54) is 44.6 Å². The van der Waals surface area contributed by atoms with E-state index in [0.29, 0.717) is 6.04 Å². The number of hydrogen-bond donors (Lipinski definition) is 0. The van der Waals surface area contributed by atoms with Gasteiger partial charge >= 0.3 is 0 Å². The van der Waals surface area contributed by atoms with Gasteiger partial charge < -0.3 is 9.64 Å². The van der Waals surface area contributed by atoms with Crippen molar-refractivity contribution in [1.29, 1.82) is 0 Å². The maximum absolute atomic E-state index is 5.18. The van der Waals surface area contributed by atoms with Gasteiger partial charge in [-0.2, -0.15) is 0 Å². The number of hydrogen-bond acceptors (Lipinski definition) is 3. The number of methoxy groups -OCH3 is 1. The van der Waals surface area contributed by atoms with E-state index in [1.54, 1.807) is 7.11 Å². The summed E-state index contributed by atoms with van der Waals surface area (Å²) in [6.07, 6.45) is 2.45. The Hall–Kier alpha value is -0.900. The molecular formula is C17H28N2O. The normalized spacial score (nSPS) is 21.2. The molecule has 1 aromatic carbocycles. The van der Waals surface area contributed by atoms with Crippen molar-refractivity contribution in [2.45, 2.75) is 25.8 Å². The van der Waals surface area contributed by atoms with Crippen LogP contribution in [0.15, 0.2) is 30.3 Å². The zero-order valence-electron chi connectivity index (χ0n) is 12.9. The molecule has 0 radical (unpaired) electrons. The van der Waals surface area contributed by atoms with Crippen molar-refractivity contribution in [2.75, 3.05) is 46.4 Å². The zero-order chi connectivity index (χ0) is 14.2. The van der Waals surface area contributed by atoms with Gasteiger partial charge in [0.15, 0.2) is 0 Å². The van der Waals surface area contributed by atoms with Crippen LogP contribution in [0.4, 0.5) is 0 Å². The Morgan fingerprint density at radius 1 is 1.15 bits per heavy atom. The first-order valence-electron chi connectivity index (χ1n) is 7.79. The Bertz CT molecular complexity index is 369. The molecule has 0 aliphatic carbocycles. The molecule has 2 rings (SSSR count). The van der Waals surface area contributed by atoms with Crippen LogP contribution >= 0.6 is 0 Å². The topological polar surface area (TPSA) is 15.7 Å². The minimum atomic E-state index is 0.649. The summed E-state index contributed by atoms with van der Waals surface area (Å²) in [5.74, 6) is 0. The first kappa shape index (κ1) is 15.5. The van der Waals surface area contributed by atoms with Crippen LogP contribution in [0.2, 0.25) is 0 Å². The summed E-state index contributed by atoms with van der Waals surface area (Å²) in [5, 5.41) is 0. The number of nitrogens with zero attached hydrogens (tertiary/aromatic N) is 2. The fourth-order valence-corrected chi connectivity index (χ4v) is 2.97. The molecule has 112 valence electrons. The second kappa shape index (κ2) is 8.40. The Morgan fingerprint density at radius 2 is 1.95 bits per heavy atom. The van der Waals surface area contributed by atoms with Crippen LogP contribution in [0.3, 0.4) is 0 Å². The molecule has 1 aliphatic rings. The smallest absolute Gasteiger partial charge is 0.0589 e. The third-order valence-corrected chi connectivity index (χ3v) is 4.21. The molecule has 1 heterocycles. The Kier molecular flexibility index (Phi) is 6.51. The Morgan fingerprint density at radius 3 is 2.65 bits per heavy atom. The molecule has 0 spiro atoms. The summed E-state index contributed by atoms with van der Waals surface area (Å²) in [6.45, 7) is 9.03. The Labute approximate surface area is 123 Å². The third-order valence-electron chi connectivity index (χ3n) is 4.21. The highest BCUT2D eigenvalue weighted by Crippen LogP contribution is 2.10. The zero-order valence-corrected chi connectivity index (χ0v) is 12.9. The molecule has 0 aromatic heterocycles. The summed E-state index contributed by atoms with van der Waals surface area (Å²) in [6, 6.07) is 11.5. The second-order valence-electron chi connectivity index (χ2n) is 5.77. The van der Waals surface area contributed by atoms with Gasteiger partial charge in [-0.1, -0.05) is 30.3 Å². The van der Waals surface area contributed by atoms with Crippen LogP contribution in [-0.4, -0.2) is 62.3 Å². The van der Waals surface area contributed by atoms with Gasteiger partial charge in [-0.25, -0.2) is 0 Å². The molecule has 1 atom stereocenters. The van der Waals surface area contributed by atoms with Gasteiger partial charge in [-0.3, -0.25) is 4.90 Å². The molecule has 20 heavy (non-hydrogen) atoms. The summed E-state index contributed by atoms with van der Waals surface area (Å²) in [5.41, 5.74) is 1.46. The van der Waals surface area contributed by atoms with E-state index in [9.17, 15) is 0 Å². The highest BCUT2D eigenvalue weighted by atomic mass is 16.5. The molecule has 3 heteroatoms. The van der Waals surface area contributed by atoms with Gasteiger partial charge in [0.05, 0.1) is 6.61 Å². The van der Waals surface area contributed by atoms with Crippen LogP contribution in [0.1, 0.15) is 18.9 Å². The molecule has 1 saturated heterocycles. The lowest BCUT2D eigenvalue weighted by Gasteiger charge is -2.39. The highest BCUT2D eigenvalue weighted by Gasteiger charge is 2.22. The first-order chi connectivity index (χ1) is 9.79. The second-order valence-corrected chi connectivity index (χ2v) is 5.77. The third kappa shape index (κ3) is 4.89. The quantitative estimate of drug-likeness (QED) is 0.760. The fraction of sp³-hybridized carbons (Fsp3) is 0.647. The maximum Gasteiger partial charge on any atom is 0.0589 e. The average molecular weight is 276 g/mol. The lowest BCUT2D eigenvalue weighted by Crippen LogP contribution is -2.52. The minimum absolute atomic E-state index is 0.649. The lowest BCUT2D eigenvalue weighted by molar-refractivity contribution is 0.0586. The molecule has 0 bridgehead atoms. The number of aryl methyl sites for hydroxylation is 1. The molecule has 0 saturated carbocycles. The lowest BCUT2D eigenvalue weighted by atomic mass is 10.1. The molecule has 0 N–H and O–H groups in total. The van der Waals surface area contributed by atoms with E-state index < -0.39 is 0 Å². The standard InChI is InChI=1S/C17H28N2O/c1-16-15-18(11-12-19(16)13-14-20-2)10-6-9-17-7-4-3-5-8-17/h3-5,7-8,16H,6,9-15H2,1-2H3/t16-/m0/s1. The predicted molar refractivity (Wildman–Crippen MR) is 84.1 cm³/mol. The number of ether oxygens (including phenoxy) is 1. The van der Waals surface area contributed by atoms with Crippen LogP contribution in [-0.2, 0) is 11.2 Å². The van der Waals surface area contributed by atoms with Crippen molar-refractivity contribution in [3.63, 3.8) is 0 Å². The van der Waals surface area contributed by atoms with Crippen molar-refractivity contribution >= 4 is 0 Å². The van der Waals surface area contributed by atoms with E-state index >= 15 is 0 Å². The minimum Gasteiger partial charge on any atom is -0.383 e. The van der Waals surface area contributed by atoms with Crippen molar-refractivity contribution in [1.82, 2.24) is 9.80 Å². The van der Waals surface area contributed by atoms with Crippen molar-refractivity contribution in [2.24, 2.45) is 0 Å². The molecule has 1 aliphatic heterocycles. The molecule has 1 aromatic rings. The molecule has 3 nitrogen and oxygen atoms in total. The van der Waals surface area contributed by atoms with Gasteiger partial charge in [0.2, 0.25) is 0 Å². The summed E-state index contributed by atoms with van der Waals surface area (Å²) in [7, 11) is 1.78. The highest BCUT2D eigenvalue weighted by molar-refractivity contribution is 5.14.